The van der Waals surface area contributed by atoms with Crippen molar-refractivity contribution in [1.29, 1.82) is 0 Å². The first-order valence-electron chi connectivity index (χ1n) is 7.17. The van der Waals surface area contributed by atoms with E-state index in [1.165, 1.54) is 0 Å². The van der Waals surface area contributed by atoms with E-state index in [1.54, 1.807) is 0 Å². The van der Waals surface area contributed by atoms with E-state index in [0.29, 0.717) is 5.95 Å². The number of rotatable bonds is 7. The third-order valence-corrected chi connectivity index (χ3v) is 3.26. The molecule has 0 aliphatic rings. The van der Waals surface area contributed by atoms with Gasteiger partial charge < -0.3 is 15.5 Å². The first kappa shape index (κ1) is 14.5. The predicted molar refractivity (Wildman–Crippen MR) is 85.4 cm³/mol. The molecule has 5 heteroatoms. The molecule has 0 radical (unpaired) electrons. The molecule has 1 heterocycles. The number of para-hydroxylation sites is 1. The Bertz CT molecular complexity index is 555. The standard InChI is InChI=1S/C15H23N5/c1-4-16-15-18-13-9-7-6-8-12(13)14(19-15)17-10-11-20(3)5-2/h6-9H,4-5,10-11H2,1-3H3,(H2,16,17,18,19). The minimum Gasteiger partial charge on any atom is -0.368 e. The molecule has 0 aliphatic carbocycles. The SMILES string of the molecule is CCNc1nc(NCCN(C)CC)c2ccccc2n1. The van der Waals surface area contributed by atoms with Gasteiger partial charge in [0.2, 0.25) is 5.95 Å². The van der Waals surface area contributed by atoms with E-state index in [2.05, 4.69) is 45.5 Å². The zero-order valence-electron chi connectivity index (χ0n) is 12.5. The number of hydrogen-bond acceptors (Lipinski definition) is 5. The second kappa shape index (κ2) is 7.05. The minimum absolute atomic E-state index is 0.678. The van der Waals surface area contributed by atoms with Crippen molar-refractivity contribution in [3.05, 3.63) is 24.3 Å². The Kier molecular flexibility index (Phi) is 5.12. The summed E-state index contributed by atoms with van der Waals surface area (Å²) >= 11 is 0. The summed E-state index contributed by atoms with van der Waals surface area (Å²) in [6.07, 6.45) is 0. The number of aromatic nitrogens is 2. The molecule has 0 atom stereocenters. The summed E-state index contributed by atoms with van der Waals surface area (Å²) in [7, 11) is 2.11. The fraction of sp³-hybridized carbons (Fsp3) is 0.467. The van der Waals surface area contributed by atoms with E-state index in [1.807, 2.05) is 25.1 Å². The van der Waals surface area contributed by atoms with Crippen LogP contribution in [0.4, 0.5) is 11.8 Å². The Balaban J connectivity index is 2.20. The predicted octanol–water partition coefficient (Wildman–Crippen LogP) is 2.43. The van der Waals surface area contributed by atoms with Crippen LogP contribution < -0.4 is 10.6 Å². The molecule has 0 unspecified atom stereocenters. The number of nitrogens with zero attached hydrogens (tertiary/aromatic N) is 3. The fourth-order valence-corrected chi connectivity index (χ4v) is 1.97. The van der Waals surface area contributed by atoms with E-state index in [4.69, 9.17) is 0 Å². The molecular formula is C15H23N5. The van der Waals surface area contributed by atoms with E-state index in [-0.39, 0.29) is 0 Å². The van der Waals surface area contributed by atoms with E-state index in [9.17, 15) is 0 Å². The Morgan fingerprint density at radius 2 is 1.90 bits per heavy atom. The molecule has 2 rings (SSSR count). The maximum atomic E-state index is 4.56. The van der Waals surface area contributed by atoms with Crippen molar-refractivity contribution >= 4 is 22.7 Å². The Hall–Kier alpha value is -1.88. The quantitative estimate of drug-likeness (QED) is 0.811. The van der Waals surface area contributed by atoms with Crippen molar-refractivity contribution in [3.8, 4) is 0 Å². The highest BCUT2D eigenvalue weighted by Gasteiger charge is 2.06. The van der Waals surface area contributed by atoms with Crippen LogP contribution in [0.15, 0.2) is 24.3 Å². The topological polar surface area (TPSA) is 53.1 Å². The van der Waals surface area contributed by atoms with Crippen LogP contribution >= 0.6 is 0 Å². The Labute approximate surface area is 120 Å². The summed E-state index contributed by atoms with van der Waals surface area (Å²) < 4.78 is 0. The molecule has 0 spiro atoms. The number of hydrogen-bond donors (Lipinski definition) is 2. The summed E-state index contributed by atoms with van der Waals surface area (Å²) in [5, 5.41) is 7.66. The monoisotopic (exact) mass is 273 g/mol. The van der Waals surface area contributed by atoms with Gasteiger partial charge in [0.1, 0.15) is 5.82 Å². The largest absolute Gasteiger partial charge is 0.368 e. The number of anilines is 2. The molecule has 5 nitrogen and oxygen atoms in total. The highest BCUT2D eigenvalue weighted by molar-refractivity contribution is 5.89. The first-order valence-corrected chi connectivity index (χ1v) is 7.17. The molecule has 1 aromatic heterocycles. The van der Waals surface area contributed by atoms with Crippen LogP contribution in [0.2, 0.25) is 0 Å². The van der Waals surface area contributed by atoms with Gasteiger partial charge in [-0.1, -0.05) is 19.1 Å². The lowest BCUT2D eigenvalue weighted by molar-refractivity contribution is 0.367. The molecule has 108 valence electrons. The van der Waals surface area contributed by atoms with Gasteiger partial charge in [0, 0.05) is 25.0 Å². The van der Waals surface area contributed by atoms with Crippen LogP contribution in [0.5, 0.6) is 0 Å². The molecule has 0 bridgehead atoms. The van der Waals surface area contributed by atoms with E-state index < -0.39 is 0 Å². The lowest BCUT2D eigenvalue weighted by Gasteiger charge is -2.15. The summed E-state index contributed by atoms with van der Waals surface area (Å²) in [5.74, 6) is 1.58. The molecule has 0 amide bonds. The lowest BCUT2D eigenvalue weighted by Crippen LogP contribution is -2.25. The van der Waals surface area contributed by atoms with Gasteiger partial charge in [0.15, 0.2) is 0 Å². The lowest BCUT2D eigenvalue weighted by atomic mass is 10.2. The number of benzene rings is 1. The number of likely N-dealkylation sites (N-methyl/N-ethyl adjacent to an activating group) is 1. The molecule has 0 fully saturated rings. The highest BCUT2D eigenvalue weighted by atomic mass is 15.2. The molecule has 0 saturated heterocycles. The van der Waals surface area contributed by atoms with Crippen LogP contribution in [-0.4, -0.2) is 48.1 Å². The number of nitrogens with one attached hydrogen (secondary N) is 2. The van der Waals surface area contributed by atoms with E-state index in [0.717, 1.165) is 42.9 Å². The van der Waals surface area contributed by atoms with Crippen molar-refractivity contribution in [2.75, 3.05) is 43.9 Å². The average Bonchev–Trinajstić information content (AvgIpc) is 2.47. The zero-order valence-corrected chi connectivity index (χ0v) is 12.5. The molecule has 2 aromatic rings. The van der Waals surface area contributed by atoms with Crippen molar-refractivity contribution in [2.24, 2.45) is 0 Å². The van der Waals surface area contributed by atoms with Crippen molar-refractivity contribution in [1.82, 2.24) is 14.9 Å². The van der Waals surface area contributed by atoms with Crippen LogP contribution in [0.3, 0.4) is 0 Å². The Morgan fingerprint density at radius 1 is 1.10 bits per heavy atom. The zero-order chi connectivity index (χ0) is 14.4. The third kappa shape index (κ3) is 3.57. The van der Waals surface area contributed by atoms with Gasteiger partial charge in [-0.3, -0.25) is 0 Å². The average molecular weight is 273 g/mol. The summed E-state index contributed by atoms with van der Waals surface area (Å²) in [6.45, 7) is 7.93. The third-order valence-electron chi connectivity index (χ3n) is 3.26. The molecular weight excluding hydrogens is 250 g/mol. The minimum atomic E-state index is 0.678. The number of fused-ring (bicyclic) bond motifs is 1. The van der Waals surface area contributed by atoms with E-state index >= 15 is 0 Å². The molecule has 20 heavy (non-hydrogen) atoms. The van der Waals surface area contributed by atoms with Gasteiger partial charge in [0.05, 0.1) is 5.52 Å². The van der Waals surface area contributed by atoms with Crippen LogP contribution in [0, 0.1) is 0 Å². The van der Waals surface area contributed by atoms with Gasteiger partial charge in [-0.05, 0) is 32.6 Å². The maximum Gasteiger partial charge on any atom is 0.225 e. The normalized spacial score (nSPS) is 11.0. The second-order valence-electron chi connectivity index (χ2n) is 4.77. The molecule has 0 aliphatic heterocycles. The second-order valence-corrected chi connectivity index (χ2v) is 4.77. The van der Waals surface area contributed by atoms with Crippen LogP contribution in [0.1, 0.15) is 13.8 Å². The fourth-order valence-electron chi connectivity index (χ4n) is 1.97. The molecule has 2 N–H and O–H groups in total. The van der Waals surface area contributed by atoms with Gasteiger partial charge in [-0.2, -0.15) is 4.98 Å². The van der Waals surface area contributed by atoms with Gasteiger partial charge in [-0.15, -0.1) is 0 Å². The smallest absolute Gasteiger partial charge is 0.225 e. The Morgan fingerprint density at radius 3 is 2.65 bits per heavy atom. The van der Waals surface area contributed by atoms with Crippen LogP contribution in [-0.2, 0) is 0 Å². The van der Waals surface area contributed by atoms with Crippen molar-refractivity contribution in [2.45, 2.75) is 13.8 Å². The first-order chi connectivity index (χ1) is 9.74. The molecule has 1 aromatic carbocycles. The summed E-state index contributed by atoms with van der Waals surface area (Å²) in [6, 6.07) is 8.08. The van der Waals surface area contributed by atoms with Crippen LogP contribution in [0.25, 0.3) is 10.9 Å². The summed E-state index contributed by atoms with van der Waals surface area (Å²) in [4.78, 5) is 11.3. The maximum absolute atomic E-state index is 4.56. The van der Waals surface area contributed by atoms with Gasteiger partial charge in [0.25, 0.3) is 0 Å². The van der Waals surface area contributed by atoms with Gasteiger partial charge >= 0.3 is 0 Å². The summed E-state index contributed by atoms with van der Waals surface area (Å²) in [5.41, 5.74) is 0.963. The molecule has 0 saturated carbocycles. The highest BCUT2D eigenvalue weighted by Crippen LogP contribution is 2.21. The van der Waals surface area contributed by atoms with Gasteiger partial charge in [-0.25, -0.2) is 4.98 Å². The van der Waals surface area contributed by atoms with Crippen molar-refractivity contribution < 1.29 is 0 Å². The van der Waals surface area contributed by atoms with Crippen molar-refractivity contribution in [3.63, 3.8) is 0 Å².